The number of benzene rings is 1. The summed E-state index contributed by atoms with van der Waals surface area (Å²) in [5.41, 5.74) is 8.54. The van der Waals surface area contributed by atoms with Crippen molar-refractivity contribution in [3.8, 4) is 0 Å². The Hall–Kier alpha value is -0.930. The quantitative estimate of drug-likeness (QED) is 0.533. The lowest BCUT2D eigenvalue weighted by molar-refractivity contribution is 0.710. The summed E-state index contributed by atoms with van der Waals surface area (Å²) in [5, 5.41) is 6.97. The summed E-state index contributed by atoms with van der Waals surface area (Å²) in [7, 11) is 0. The average molecular weight is 184 g/mol. The zero-order valence-electron chi connectivity index (χ0n) is 6.52. The highest BCUT2D eigenvalue weighted by atomic mass is 35.5. The number of nitrogen functional groups attached to an aromatic ring is 1. The number of fused-ring (bicyclic) bond motifs is 1. The van der Waals surface area contributed by atoms with E-state index in [2.05, 4.69) is 10.6 Å². The molecule has 12 heavy (non-hydrogen) atoms. The maximum Gasteiger partial charge on any atom is 0.0656 e. The van der Waals surface area contributed by atoms with Crippen LogP contribution < -0.4 is 16.4 Å². The fourth-order valence-electron chi connectivity index (χ4n) is 1.30. The minimum atomic E-state index is 0.614. The van der Waals surface area contributed by atoms with Crippen LogP contribution in [-0.2, 0) is 6.54 Å². The molecule has 0 aliphatic carbocycles. The van der Waals surface area contributed by atoms with Gasteiger partial charge in [-0.2, -0.15) is 0 Å². The summed E-state index contributed by atoms with van der Waals surface area (Å²) in [6, 6.07) is 3.77. The van der Waals surface area contributed by atoms with Gasteiger partial charge in [0.05, 0.1) is 17.4 Å². The normalized spacial score (nSPS) is 15.1. The van der Waals surface area contributed by atoms with Crippen LogP contribution in [0, 0.1) is 0 Å². The van der Waals surface area contributed by atoms with Crippen LogP contribution in [-0.4, -0.2) is 6.67 Å². The van der Waals surface area contributed by atoms with Gasteiger partial charge in [0.15, 0.2) is 0 Å². The predicted molar refractivity (Wildman–Crippen MR) is 51.2 cm³/mol. The van der Waals surface area contributed by atoms with Gasteiger partial charge in [-0.3, -0.25) is 5.32 Å². The molecule has 0 atom stereocenters. The van der Waals surface area contributed by atoms with Gasteiger partial charge in [0.25, 0.3) is 0 Å². The molecule has 1 aliphatic rings. The van der Waals surface area contributed by atoms with Crippen LogP contribution in [0.25, 0.3) is 0 Å². The predicted octanol–water partition coefficient (Wildman–Crippen LogP) is 1.39. The van der Waals surface area contributed by atoms with E-state index in [1.165, 1.54) is 5.56 Å². The van der Waals surface area contributed by atoms with Crippen LogP contribution in [0.1, 0.15) is 5.56 Å². The van der Waals surface area contributed by atoms with Crippen LogP contribution in [0.2, 0.25) is 5.02 Å². The van der Waals surface area contributed by atoms with Crippen molar-refractivity contribution in [1.29, 1.82) is 0 Å². The lowest BCUT2D eigenvalue weighted by Gasteiger charge is -2.19. The third kappa shape index (κ3) is 1.21. The second-order valence-corrected chi connectivity index (χ2v) is 3.22. The summed E-state index contributed by atoms with van der Waals surface area (Å²) >= 11 is 5.86. The second kappa shape index (κ2) is 2.84. The van der Waals surface area contributed by atoms with Crippen molar-refractivity contribution in [3.05, 3.63) is 22.7 Å². The van der Waals surface area contributed by atoms with E-state index in [4.69, 9.17) is 17.3 Å². The first-order valence-corrected chi connectivity index (χ1v) is 4.17. The number of nitrogens with one attached hydrogen (secondary N) is 2. The Morgan fingerprint density at radius 1 is 1.42 bits per heavy atom. The molecule has 3 nitrogen and oxygen atoms in total. The molecule has 1 aromatic carbocycles. The molecule has 0 unspecified atom stereocenters. The van der Waals surface area contributed by atoms with Crippen molar-refractivity contribution in [2.24, 2.45) is 0 Å². The minimum Gasteiger partial charge on any atom is -0.398 e. The lowest BCUT2D eigenvalue weighted by atomic mass is 10.1. The number of halogens is 1. The van der Waals surface area contributed by atoms with E-state index in [1.807, 2.05) is 12.1 Å². The largest absolute Gasteiger partial charge is 0.398 e. The number of nitrogens with two attached hydrogens (primary N) is 1. The second-order valence-electron chi connectivity index (χ2n) is 2.81. The first-order valence-electron chi connectivity index (χ1n) is 3.80. The smallest absolute Gasteiger partial charge is 0.0656 e. The van der Waals surface area contributed by atoms with Crippen molar-refractivity contribution < 1.29 is 0 Å². The van der Waals surface area contributed by atoms with Gasteiger partial charge >= 0.3 is 0 Å². The molecule has 0 aromatic heterocycles. The number of anilines is 2. The maximum absolute atomic E-state index is 5.86. The standard InChI is InChI=1S/C8H10ClN3/c9-6-2-8-5(1-7(6)10)3-11-4-12-8/h1-2,11-12H,3-4,10H2. The van der Waals surface area contributed by atoms with Gasteiger partial charge in [0.2, 0.25) is 0 Å². The summed E-state index contributed by atoms with van der Waals surface area (Å²) in [5.74, 6) is 0. The molecular weight excluding hydrogens is 174 g/mol. The molecule has 1 aliphatic heterocycles. The number of rotatable bonds is 0. The average Bonchev–Trinajstić information content (AvgIpc) is 2.07. The van der Waals surface area contributed by atoms with Gasteiger partial charge in [0.1, 0.15) is 0 Å². The Bertz CT molecular complexity index is 280. The third-order valence-electron chi connectivity index (χ3n) is 1.94. The van der Waals surface area contributed by atoms with E-state index in [0.29, 0.717) is 10.7 Å². The molecule has 0 spiro atoms. The number of hydrogen-bond donors (Lipinski definition) is 3. The van der Waals surface area contributed by atoms with Crippen molar-refractivity contribution >= 4 is 23.0 Å². The molecule has 1 heterocycles. The zero-order chi connectivity index (χ0) is 8.55. The highest BCUT2D eigenvalue weighted by molar-refractivity contribution is 6.33. The molecule has 0 saturated heterocycles. The Balaban J connectivity index is 2.49. The van der Waals surface area contributed by atoms with Gasteiger partial charge in [-0.1, -0.05) is 11.6 Å². The molecule has 1 aromatic rings. The van der Waals surface area contributed by atoms with Crippen LogP contribution in [0.3, 0.4) is 0 Å². The molecule has 64 valence electrons. The van der Waals surface area contributed by atoms with E-state index in [1.54, 1.807) is 0 Å². The topological polar surface area (TPSA) is 50.1 Å². The third-order valence-corrected chi connectivity index (χ3v) is 2.27. The van der Waals surface area contributed by atoms with Gasteiger partial charge in [-0.25, -0.2) is 0 Å². The molecule has 4 heteroatoms. The molecule has 2 rings (SSSR count). The first-order chi connectivity index (χ1) is 5.77. The van der Waals surface area contributed by atoms with Crippen LogP contribution in [0.4, 0.5) is 11.4 Å². The lowest BCUT2D eigenvalue weighted by Crippen LogP contribution is -2.27. The summed E-state index contributed by atoms with van der Waals surface area (Å²) in [4.78, 5) is 0. The molecule has 0 radical (unpaired) electrons. The van der Waals surface area contributed by atoms with Gasteiger partial charge in [-0.15, -0.1) is 0 Å². The summed E-state index contributed by atoms with van der Waals surface area (Å²) < 4.78 is 0. The highest BCUT2D eigenvalue weighted by Gasteiger charge is 2.09. The Labute approximate surface area is 75.9 Å². The van der Waals surface area contributed by atoms with Crippen LogP contribution >= 0.6 is 11.6 Å². The van der Waals surface area contributed by atoms with Gasteiger partial charge in [0, 0.05) is 12.2 Å². The van der Waals surface area contributed by atoms with E-state index in [0.717, 1.165) is 18.9 Å². The Kier molecular flexibility index (Phi) is 1.83. The minimum absolute atomic E-state index is 0.614. The molecule has 0 saturated carbocycles. The molecular formula is C8H10ClN3. The van der Waals surface area contributed by atoms with E-state index < -0.39 is 0 Å². The van der Waals surface area contributed by atoms with Crippen molar-refractivity contribution in [2.75, 3.05) is 17.7 Å². The van der Waals surface area contributed by atoms with E-state index >= 15 is 0 Å². The zero-order valence-corrected chi connectivity index (χ0v) is 7.28. The molecule has 0 amide bonds. The molecule has 0 fully saturated rings. The Morgan fingerprint density at radius 3 is 3.08 bits per heavy atom. The maximum atomic E-state index is 5.86. The monoisotopic (exact) mass is 183 g/mol. The summed E-state index contributed by atoms with van der Waals surface area (Å²) in [6.07, 6.45) is 0. The van der Waals surface area contributed by atoms with Crippen molar-refractivity contribution in [2.45, 2.75) is 6.54 Å². The van der Waals surface area contributed by atoms with Crippen molar-refractivity contribution in [3.63, 3.8) is 0 Å². The highest BCUT2D eigenvalue weighted by Crippen LogP contribution is 2.28. The van der Waals surface area contributed by atoms with E-state index in [-0.39, 0.29) is 0 Å². The Morgan fingerprint density at radius 2 is 2.25 bits per heavy atom. The van der Waals surface area contributed by atoms with Crippen molar-refractivity contribution in [1.82, 2.24) is 5.32 Å². The fourth-order valence-corrected chi connectivity index (χ4v) is 1.47. The van der Waals surface area contributed by atoms with Gasteiger partial charge < -0.3 is 11.1 Å². The first kappa shape index (κ1) is 7.71. The molecule has 4 N–H and O–H groups in total. The number of hydrogen-bond acceptors (Lipinski definition) is 3. The van der Waals surface area contributed by atoms with Crippen LogP contribution in [0.15, 0.2) is 12.1 Å². The van der Waals surface area contributed by atoms with Gasteiger partial charge in [-0.05, 0) is 17.7 Å². The van der Waals surface area contributed by atoms with Crippen LogP contribution in [0.5, 0.6) is 0 Å². The SMILES string of the molecule is Nc1cc2c(cc1Cl)NCNC2. The molecule has 0 bridgehead atoms. The fraction of sp³-hybridized carbons (Fsp3) is 0.250. The summed E-state index contributed by atoms with van der Waals surface area (Å²) in [6.45, 7) is 1.64. The van der Waals surface area contributed by atoms with E-state index in [9.17, 15) is 0 Å².